The quantitative estimate of drug-likeness (QED) is 0.521. The molecule has 0 aliphatic carbocycles. The van der Waals surface area contributed by atoms with E-state index in [2.05, 4.69) is 34.9 Å². The van der Waals surface area contributed by atoms with Crippen LogP contribution >= 0.6 is 0 Å². The van der Waals surface area contributed by atoms with Crippen LogP contribution in [-0.4, -0.2) is 80.5 Å². The number of benzene rings is 1. The summed E-state index contributed by atoms with van der Waals surface area (Å²) in [7, 11) is 1.74. The molecule has 6 nitrogen and oxygen atoms in total. The van der Waals surface area contributed by atoms with Gasteiger partial charge in [-0.25, -0.2) is 0 Å². The molecule has 6 heteroatoms. The van der Waals surface area contributed by atoms with Gasteiger partial charge < -0.3 is 24.0 Å². The normalized spacial score (nSPS) is 21.4. The van der Waals surface area contributed by atoms with Gasteiger partial charge in [-0.1, -0.05) is 0 Å². The van der Waals surface area contributed by atoms with Crippen molar-refractivity contribution in [3.8, 4) is 11.5 Å². The summed E-state index contributed by atoms with van der Waals surface area (Å²) in [6.45, 7) is 10.6. The molecule has 0 amide bonds. The van der Waals surface area contributed by atoms with Gasteiger partial charge in [0.05, 0.1) is 19.2 Å². The summed E-state index contributed by atoms with van der Waals surface area (Å²) in [6.07, 6.45) is 8.47. The molecular formula is C28H41N3O3. The highest BCUT2D eigenvalue weighted by atomic mass is 16.5. The Morgan fingerprint density at radius 2 is 1.74 bits per heavy atom. The van der Waals surface area contributed by atoms with Gasteiger partial charge in [-0.15, -0.1) is 0 Å². The van der Waals surface area contributed by atoms with E-state index >= 15 is 0 Å². The first-order valence-corrected chi connectivity index (χ1v) is 13.4. The van der Waals surface area contributed by atoms with E-state index in [-0.39, 0.29) is 0 Å². The van der Waals surface area contributed by atoms with Gasteiger partial charge in [0.1, 0.15) is 0 Å². The minimum atomic E-state index is 0.567. The number of hydrogen-bond donors (Lipinski definition) is 0. The zero-order chi connectivity index (χ0) is 23.3. The molecule has 0 saturated carbocycles. The number of methoxy groups -OCH3 is 1. The van der Waals surface area contributed by atoms with Crippen LogP contribution in [-0.2, 0) is 4.74 Å². The third kappa shape index (κ3) is 5.50. The Morgan fingerprint density at radius 1 is 0.971 bits per heavy atom. The summed E-state index contributed by atoms with van der Waals surface area (Å²) in [5.41, 5.74) is 3.53. The second-order valence-electron chi connectivity index (χ2n) is 10.3. The molecule has 1 aromatic carbocycles. The van der Waals surface area contributed by atoms with Crippen molar-refractivity contribution in [3.63, 3.8) is 0 Å². The molecule has 3 fully saturated rings. The first kappa shape index (κ1) is 23.8. The standard InChI is InChI=1S/C28H41N3O3/c1-21-18-24(22-6-13-31(14-7-22)23-8-16-33-17-9-23)25-19-27(32-2)28(20-26(25)29-21)34-15-5-12-30-10-3-4-11-30/h18-20,22-23H,3-17H2,1-2H3. The fourth-order valence-electron chi connectivity index (χ4n) is 6.11. The Kier molecular flexibility index (Phi) is 7.87. The van der Waals surface area contributed by atoms with Gasteiger partial charge >= 0.3 is 0 Å². The van der Waals surface area contributed by atoms with Gasteiger partial charge in [-0.05, 0) is 102 Å². The van der Waals surface area contributed by atoms with Gasteiger partial charge in [-0.2, -0.15) is 0 Å². The van der Waals surface area contributed by atoms with Crippen LogP contribution in [0.2, 0.25) is 0 Å². The molecule has 3 aliphatic heterocycles. The lowest BCUT2D eigenvalue weighted by atomic mass is 9.86. The molecule has 3 saturated heterocycles. The molecule has 3 aliphatic rings. The molecule has 0 radical (unpaired) electrons. The Balaban J connectivity index is 1.28. The van der Waals surface area contributed by atoms with Gasteiger partial charge in [0.15, 0.2) is 11.5 Å². The van der Waals surface area contributed by atoms with Crippen molar-refractivity contribution in [2.75, 3.05) is 59.7 Å². The predicted octanol–water partition coefficient (Wildman–Crippen LogP) is 4.77. The van der Waals surface area contributed by atoms with Crippen molar-refractivity contribution in [2.45, 2.75) is 63.8 Å². The average Bonchev–Trinajstić information content (AvgIpc) is 3.40. The molecular weight excluding hydrogens is 426 g/mol. The van der Waals surface area contributed by atoms with Crippen LogP contribution in [0.3, 0.4) is 0 Å². The maximum atomic E-state index is 6.19. The second kappa shape index (κ2) is 11.2. The molecule has 0 bridgehead atoms. The lowest BCUT2D eigenvalue weighted by molar-refractivity contribution is 0.0252. The van der Waals surface area contributed by atoms with Crippen molar-refractivity contribution >= 4 is 10.9 Å². The van der Waals surface area contributed by atoms with Crippen molar-refractivity contribution in [1.29, 1.82) is 0 Å². The number of aromatic nitrogens is 1. The van der Waals surface area contributed by atoms with E-state index in [4.69, 9.17) is 19.2 Å². The molecule has 0 unspecified atom stereocenters. The largest absolute Gasteiger partial charge is 0.493 e. The minimum Gasteiger partial charge on any atom is -0.493 e. The molecule has 4 heterocycles. The van der Waals surface area contributed by atoms with E-state index in [0.717, 1.165) is 48.9 Å². The lowest BCUT2D eigenvalue weighted by Gasteiger charge is -2.39. The van der Waals surface area contributed by atoms with Crippen LogP contribution in [0, 0.1) is 6.92 Å². The number of hydrogen-bond acceptors (Lipinski definition) is 6. The predicted molar refractivity (Wildman–Crippen MR) is 136 cm³/mol. The third-order valence-corrected chi connectivity index (χ3v) is 8.01. The molecule has 1 aromatic heterocycles. The second-order valence-corrected chi connectivity index (χ2v) is 10.3. The van der Waals surface area contributed by atoms with Crippen LogP contribution in [0.4, 0.5) is 0 Å². The monoisotopic (exact) mass is 467 g/mol. The number of rotatable bonds is 8. The van der Waals surface area contributed by atoms with Gasteiger partial charge in [0.2, 0.25) is 0 Å². The highest BCUT2D eigenvalue weighted by Gasteiger charge is 2.28. The van der Waals surface area contributed by atoms with Crippen LogP contribution < -0.4 is 9.47 Å². The van der Waals surface area contributed by atoms with E-state index in [1.807, 2.05) is 0 Å². The first-order chi connectivity index (χ1) is 16.7. The number of fused-ring (bicyclic) bond motifs is 1. The van der Waals surface area contributed by atoms with E-state index < -0.39 is 0 Å². The van der Waals surface area contributed by atoms with Crippen molar-refractivity contribution in [2.24, 2.45) is 0 Å². The van der Waals surface area contributed by atoms with E-state index in [9.17, 15) is 0 Å². The average molecular weight is 468 g/mol. The molecule has 186 valence electrons. The molecule has 34 heavy (non-hydrogen) atoms. The summed E-state index contributed by atoms with van der Waals surface area (Å²) in [5, 5.41) is 1.22. The highest BCUT2D eigenvalue weighted by Crippen LogP contribution is 2.39. The summed E-state index contributed by atoms with van der Waals surface area (Å²) in [4.78, 5) is 10.1. The first-order valence-electron chi connectivity index (χ1n) is 13.4. The number of likely N-dealkylation sites (tertiary alicyclic amines) is 2. The number of ether oxygens (including phenoxy) is 3. The number of pyridine rings is 1. The zero-order valence-corrected chi connectivity index (χ0v) is 21.1. The third-order valence-electron chi connectivity index (χ3n) is 8.01. The summed E-state index contributed by atoms with van der Waals surface area (Å²) in [6, 6.07) is 7.26. The van der Waals surface area contributed by atoms with E-state index in [1.165, 1.54) is 75.7 Å². The van der Waals surface area contributed by atoms with E-state index in [0.29, 0.717) is 18.6 Å². The Hall–Kier alpha value is -1.89. The van der Waals surface area contributed by atoms with Crippen LogP contribution in [0.5, 0.6) is 11.5 Å². The molecule has 0 atom stereocenters. The smallest absolute Gasteiger partial charge is 0.163 e. The molecule has 0 spiro atoms. The van der Waals surface area contributed by atoms with Crippen LogP contribution in [0.1, 0.15) is 62.1 Å². The fourth-order valence-corrected chi connectivity index (χ4v) is 6.11. The summed E-state index contributed by atoms with van der Waals surface area (Å²) >= 11 is 0. The fraction of sp³-hybridized carbons (Fsp3) is 0.679. The van der Waals surface area contributed by atoms with E-state index in [1.54, 1.807) is 7.11 Å². The zero-order valence-electron chi connectivity index (χ0n) is 21.1. The van der Waals surface area contributed by atoms with Crippen LogP contribution in [0.15, 0.2) is 18.2 Å². The summed E-state index contributed by atoms with van der Waals surface area (Å²) in [5.74, 6) is 2.20. The topological polar surface area (TPSA) is 47.1 Å². The maximum Gasteiger partial charge on any atom is 0.163 e. The maximum absolute atomic E-state index is 6.19. The molecule has 5 rings (SSSR count). The van der Waals surface area contributed by atoms with Gasteiger partial charge in [-0.3, -0.25) is 4.98 Å². The Bertz CT molecular complexity index is 946. The minimum absolute atomic E-state index is 0.567. The van der Waals surface area contributed by atoms with Crippen molar-refractivity contribution in [3.05, 3.63) is 29.5 Å². The Labute approximate surface area is 204 Å². The number of aryl methyl sites for hydroxylation is 1. The summed E-state index contributed by atoms with van der Waals surface area (Å²) < 4.78 is 17.5. The van der Waals surface area contributed by atoms with Gasteiger partial charge in [0.25, 0.3) is 0 Å². The van der Waals surface area contributed by atoms with Crippen molar-refractivity contribution in [1.82, 2.24) is 14.8 Å². The Morgan fingerprint density at radius 3 is 2.47 bits per heavy atom. The van der Waals surface area contributed by atoms with Crippen LogP contribution in [0.25, 0.3) is 10.9 Å². The van der Waals surface area contributed by atoms with Gasteiger partial charge in [0, 0.05) is 42.9 Å². The number of piperidine rings is 1. The molecule has 2 aromatic rings. The highest BCUT2D eigenvalue weighted by molar-refractivity contribution is 5.86. The molecule has 0 N–H and O–H groups in total. The van der Waals surface area contributed by atoms with Crippen molar-refractivity contribution < 1.29 is 14.2 Å². The lowest BCUT2D eigenvalue weighted by Crippen LogP contribution is -2.43. The SMILES string of the molecule is COc1cc2c(C3CCN(C4CCOCC4)CC3)cc(C)nc2cc1OCCCN1CCCC1. The number of nitrogens with zero attached hydrogens (tertiary/aromatic N) is 3.